The normalized spacial score (nSPS) is 10.6. The highest BCUT2D eigenvalue weighted by atomic mass is 16.5. The largest absolute Gasteiger partial charge is 0.488 e. The Bertz CT molecular complexity index is 739. The molecular formula is C18H18N2O. The van der Waals surface area contributed by atoms with Crippen LogP contribution in [-0.4, -0.2) is 19.1 Å². The molecule has 0 saturated carbocycles. The van der Waals surface area contributed by atoms with Crippen LogP contribution in [0.1, 0.15) is 5.56 Å². The van der Waals surface area contributed by atoms with Crippen molar-refractivity contribution in [3.63, 3.8) is 0 Å². The average Bonchev–Trinajstić information content (AvgIpc) is 2.53. The van der Waals surface area contributed by atoms with E-state index in [-0.39, 0.29) is 0 Å². The van der Waals surface area contributed by atoms with Crippen molar-refractivity contribution in [3.05, 3.63) is 66.2 Å². The second-order valence-electron chi connectivity index (χ2n) is 5.16. The summed E-state index contributed by atoms with van der Waals surface area (Å²) in [7, 11) is 3.97. The van der Waals surface area contributed by atoms with Gasteiger partial charge in [0, 0.05) is 25.5 Å². The molecule has 21 heavy (non-hydrogen) atoms. The molecule has 0 N–H and O–H groups in total. The van der Waals surface area contributed by atoms with Crippen molar-refractivity contribution < 1.29 is 4.74 Å². The summed E-state index contributed by atoms with van der Waals surface area (Å²) in [6.07, 6.45) is 0. The van der Waals surface area contributed by atoms with Gasteiger partial charge < -0.3 is 9.64 Å². The van der Waals surface area contributed by atoms with E-state index in [1.807, 2.05) is 67.5 Å². The van der Waals surface area contributed by atoms with Crippen molar-refractivity contribution in [3.8, 4) is 5.75 Å². The number of anilines is 1. The highest BCUT2D eigenvalue weighted by molar-refractivity contribution is 5.86. The molecule has 1 aromatic heterocycles. The quantitative estimate of drug-likeness (QED) is 0.724. The Labute approximate surface area is 124 Å². The summed E-state index contributed by atoms with van der Waals surface area (Å²) in [5.74, 6) is 1.77. The summed E-state index contributed by atoms with van der Waals surface area (Å²) in [5, 5.41) is 1.04. The van der Waals surface area contributed by atoms with Gasteiger partial charge in [0.05, 0.1) is 5.52 Å². The number of pyridine rings is 1. The Kier molecular flexibility index (Phi) is 3.73. The fourth-order valence-electron chi connectivity index (χ4n) is 2.21. The third-order valence-corrected chi connectivity index (χ3v) is 3.36. The zero-order valence-electron chi connectivity index (χ0n) is 12.3. The smallest absolute Gasteiger partial charge is 0.132 e. The van der Waals surface area contributed by atoms with Gasteiger partial charge in [-0.25, -0.2) is 4.98 Å². The minimum absolute atomic E-state index is 0.557. The van der Waals surface area contributed by atoms with Gasteiger partial charge in [0.15, 0.2) is 0 Å². The predicted octanol–water partition coefficient (Wildman–Crippen LogP) is 3.88. The average molecular weight is 278 g/mol. The van der Waals surface area contributed by atoms with Crippen LogP contribution in [0.15, 0.2) is 60.7 Å². The molecule has 0 aliphatic carbocycles. The molecule has 0 amide bonds. The minimum atomic E-state index is 0.557. The Morgan fingerprint density at radius 1 is 0.952 bits per heavy atom. The Morgan fingerprint density at radius 3 is 2.43 bits per heavy atom. The zero-order chi connectivity index (χ0) is 14.7. The van der Waals surface area contributed by atoms with Crippen LogP contribution < -0.4 is 9.64 Å². The molecule has 0 saturated heterocycles. The molecular weight excluding hydrogens is 260 g/mol. The molecule has 3 rings (SSSR count). The minimum Gasteiger partial charge on any atom is -0.488 e. The van der Waals surface area contributed by atoms with Crippen LogP contribution >= 0.6 is 0 Å². The Balaban J connectivity index is 1.96. The number of aromatic nitrogens is 1. The summed E-state index contributed by atoms with van der Waals surface area (Å²) in [6, 6.07) is 20.2. The van der Waals surface area contributed by atoms with E-state index >= 15 is 0 Å². The molecule has 3 heteroatoms. The van der Waals surface area contributed by atoms with E-state index in [1.54, 1.807) is 0 Å². The summed E-state index contributed by atoms with van der Waals surface area (Å²) < 4.78 is 6.03. The standard InChI is InChI=1S/C18H18N2O/c1-20(2)18-12-17(15-10-6-7-11-16(15)19-18)21-13-14-8-4-3-5-9-14/h3-12H,13H2,1-2H3. The number of nitrogens with zero attached hydrogens (tertiary/aromatic N) is 2. The summed E-state index contributed by atoms with van der Waals surface area (Å²) in [5.41, 5.74) is 2.11. The van der Waals surface area contributed by atoms with Gasteiger partial charge in [-0.15, -0.1) is 0 Å². The van der Waals surface area contributed by atoms with Gasteiger partial charge in [-0.2, -0.15) is 0 Å². The second kappa shape index (κ2) is 5.83. The summed E-state index contributed by atoms with van der Waals surface area (Å²) >= 11 is 0. The lowest BCUT2D eigenvalue weighted by atomic mass is 10.2. The highest BCUT2D eigenvalue weighted by Crippen LogP contribution is 2.29. The lowest BCUT2D eigenvalue weighted by molar-refractivity contribution is 0.310. The number of benzene rings is 2. The number of hydrogen-bond acceptors (Lipinski definition) is 3. The van der Waals surface area contributed by atoms with E-state index in [0.717, 1.165) is 28.0 Å². The first kappa shape index (κ1) is 13.4. The van der Waals surface area contributed by atoms with Crippen LogP contribution in [0.5, 0.6) is 5.75 Å². The fraction of sp³-hybridized carbons (Fsp3) is 0.167. The Morgan fingerprint density at radius 2 is 1.67 bits per heavy atom. The van der Waals surface area contributed by atoms with Gasteiger partial charge in [0.25, 0.3) is 0 Å². The Hall–Kier alpha value is -2.55. The van der Waals surface area contributed by atoms with Crippen LogP contribution in [0, 0.1) is 0 Å². The van der Waals surface area contributed by atoms with Crippen LogP contribution in [0.4, 0.5) is 5.82 Å². The maximum atomic E-state index is 6.03. The third kappa shape index (κ3) is 2.97. The van der Waals surface area contributed by atoms with Crippen LogP contribution in [0.2, 0.25) is 0 Å². The fourth-order valence-corrected chi connectivity index (χ4v) is 2.21. The van der Waals surface area contributed by atoms with Crippen LogP contribution in [-0.2, 0) is 6.61 Å². The molecule has 0 radical (unpaired) electrons. The topological polar surface area (TPSA) is 25.4 Å². The SMILES string of the molecule is CN(C)c1cc(OCc2ccccc2)c2ccccc2n1. The maximum Gasteiger partial charge on any atom is 0.132 e. The first-order chi connectivity index (χ1) is 10.2. The van der Waals surface area contributed by atoms with Crippen molar-refractivity contribution in [1.82, 2.24) is 4.98 Å². The number of fused-ring (bicyclic) bond motifs is 1. The van der Waals surface area contributed by atoms with Gasteiger partial charge in [0.1, 0.15) is 18.2 Å². The molecule has 3 aromatic rings. The number of ether oxygens (including phenoxy) is 1. The van der Waals surface area contributed by atoms with E-state index in [2.05, 4.69) is 17.1 Å². The molecule has 0 atom stereocenters. The van der Waals surface area contributed by atoms with Crippen molar-refractivity contribution in [1.29, 1.82) is 0 Å². The maximum absolute atomic E-state index is 6.03. The van der Waals surface area contributed by atoms with Crippen LogP contribution in [0.3, 0.4) is 0 Å². The molecule has 1 heterocycles. The first-order valence-electron chi connectivity index (χ1n) is 6.98. The van der Waals surface area contributed by atoms with Gasteiger partial charge in [0.2, 0.25) is 0 Å². The van der Waals surface area contributed by atoms with Crippen molar-refractivity contribution in [2.45, 2.75) is 6.61 Å². The monoisotopic (exact) mass is 278 g/mol. The highest BCUT2D eigenvalue weighted by Gasteiger charge is 2.08. The lowest BCUT2D eigenvalue weighted by Gasteiger charge is -2.15. The van der Waals surface area contributed by atoms with Crippen LogP contribution in [0.25, 0.3) is 10.9 Å². The molecule has 2 aromatic carbocycles. The van der Waals surface area contributed by atoms with Gasteiger partial charge in [-0.05, 0) is 17.7 Å². The second-order valence-corrected chi connectivity index (χ2v) is 5.16. The van der Waals surface area contributed by atoms with E-state index in [4.69, 9.17) is 4.74 Å². The third-order valence-electron chi connectivity index (χ3n) is 3.36. The number of para-hydroxylation sites is 1. The molecule has 0 unspecified atom stereocenters. The van der Waals surface area contributed by atoms with E-state index in [9.17, 15) is 0 Å². The number of rotatable bonds is 4. The zero-order valence-corrected chi connectivity index (χ0v) is 12.3. The van der Waals surface area contributed by atoms with Gasteiger partial charge in [-0.3, -0.25) is 0 Å². The van der Waals surface area contributed by atoms with Crippen molar-refractivity contribution in [2.75, 3.05) is 19.0 Å². The van der Waals surface area contributed by atoms with E-state index in [0.29, 0.717) is 6.61 Å². The molecule has 0 fully saturated rings. The molecule has 0 aliphatic heterocycles. The van der Waals surface area contributed by atoms with Gasteiger partial charge >= 0.3 is 0 Å². The van der Waals surface area contributed by atoms with E-state index in [1.165, 1.54) is 0 Å². The van der Waals surface area contributed by atoms with Crippen molar-refractivity contribution in [2.24, 2.45) is 0 Å². The van der Waals surface area contributed by atoms with Crippen molar-refractivity contribution >= 4 is 16.7 Å². The molecule has 3 nitrogen and oxygen atoms in total. The molecule has 0 bridgehead atoms. The lowest BCUT2D eigenvalue weighted by Crippen LogP contribution is -2.11. The number of hydrogen-bond donors (Lipinski definition) is 0. The molecule has 106 valence electrons. The molecule has 0 spiro atoms. The molecule has 0 aliphatic rings. The van der Waals surface area contributed by atoms with Gasteiger partial charge in [-0.1, -0.05) is 42.5 Å². The summed E-state index contributed by atoms with van der Waals surface area (Å²) in [4.78, 5) is 6.62. The van der Waals surface area contributed by atoms with E-state index < -0.39 is 0 Å². The summed E-state index contributed by atoms with van der Waals surface area (Å²) in [6.45, 7) is 0.557. The predicted molar refractivity (Wildman–Crippen MR) is 86.8 cm³/mol. The first-order valence-corrected chi connectivity index (χ1v) is 6.98.